The predicted molar refractivity (Wildman–Crippen MR) is 120 cm³/mol. The molecule has 1 atom stereocenters. The number of thioether (sulfide) groups is 1. The van der Waals surface area contributed by atoms with Crippen molar-refractivity contribution in [3.63, 3.8) is 0 Å². The standard InChI is InChI=1S/C22H26FN3OS.ClH/c1-15(2-7-21-24-20-10-13-28-14-19(20)22(27)25-21)26-11-8-17(9-12-26)16-3-5-18(23)6-4-16;/h3-6,8,15H,2,7,9-14H2,1H3,(H,24,25,27);1H. The Morgan fingerprint density at radius 2 is 2.07 bits per heavy atom. The number of nitrogens with one attached hydrogen (secondary N) is 1. The number of aromatic amines is 1. The summed E-state index contributed by atoms with van der Waals surface area (Å²) in [6.45, 7) is 4.14. The number of fused-ring (bicyclic) bond motifs is 1. The lowest BCUT2D eigenvalue weighted by Crippen LogP contribution is -2.37. The molecule has 0 spiro atoms. The van der Waals surface area contributed by atoms with Gasteiger partial charge < -0.3 is 4.98 Å². The van der Waals surface area contributed by atoms with Crippen LogP contribution in [0.25, 0.3) is 5.57 Å². The van der Waals surface area contributed by atoms with Crippen molar-refractivity contribution in [3.05, 3.63) is 69.2 Å². The Hall–Kier alpha value is -1.63. The Morgan fingerprint density at radius 1 is 1.28 bits per heavy atom. The molecule has 7 heteroatoms. The van der Waals surface area contributed by atoms with E-state index in [1.807, 2.05) is 12.1 Å². The molecule has 156 valence electrons. The Bertz CT molecular complexity index is 929. The van der Waals surface area contributed by atoms with Crippen molar-refractivity contribution in [1.29, 1.82) is 0 Å². The fourth-order valence-electron chi connectivity index (χ4n) is 3.95. The molecule has 1 aromatic carbocycles. The number of rotatable bonds is 5. The summed E-state index contributed by atoms with van der Waals surface area (Å²) in [4.78, 5) is 22.4. The quantitative estimate of drug-likeness (QED) is 0.763. The molecule has 2 aliphatic rings. The van der Waals surface area contributed by atoms with Gasteiger partial charge >= 0.3 is 0 Å². The average molecular weight is 436 g/mol. The molecule has 1 unspecified atom stereocenters. The molecular weight excluding hydrogens is 409 g/mol. The highest BCUT2D eigenvalue weighted by molar-refractivity contribution is 7.98. The molecule has 0 radical (unpaired) electrons. The maximum atomic E-state index is 13.1. The highest BCUT2D eigenvalue weighted by Crippen LogP contribution is 2.24. The molecule has 0 saturated carbocycles. The highest BCUT2D eigenvalue weighted by Gasteiger charge is 2.20. The molecule has 3 heterocycles. The van der Waals surface area contributed by atoms with Crippen LogP contribution >= 0.6 is 24.2 Å². The minimum Gasteiger partial charge on any atom is -0.310 e. The monoisotopic (exact) mass is 435 g/mol. The van der Waals surface area contributed by atoms with Gasteiger partial charge in [-0.1, -0.05) is 18.2 Å². The Morgan fingerprint density at radius 3 is 2.79 bits per heavy atom. The van der Waals surface area contributed by atoms with E-state index in [1.165, 1.54) is 17.7 Å². The van der Waals surface area contributed by atoms with Gasteiger partial charge in [0, 0.05) is 36.9 Å². The van der Waals surface area contributed by atoms with Gasteiger partial charge in [0.15, 0.2) is 0 Å². The first-order valence-corrected chi connectivity index (χ1v) is 11.1. The van der Waals surface area contributed by atoms with Crippen LogP contribution in [0.5, 0.6) is 0 Å². The van der Waals surface area contributed by atoms with Crippen LogP contribution in [0.15, 0.2) is 35.1 Å². The van der Waals surface area contributed by atoms with Gasteiger partial charge in [0.1, 0.15) is 11.6 Å². The molecule has 2 aliphatic heterocycles. The van der Waals surface area contributed by atoms with E-state index in [1.54, 1.807) is 11.8 Å². The first kappa shape index (κ1) is 22.1. The maximum absolute atomic E-state index is 13.1. The van der Waals surface area contributed by atoms with E-state index in [0.29, 0.717) is 6.04 Å². The van der Waals surface area contributed by atoms with Crippen molar-refractivity contribution in [2.75, 3.05) is 18.8 Å². The molecule has 1 aromatic heterocycles. The van der Waals surface area contributed by atoms with Crippen LogP contribution in [0, 0.1) is 5.82 Å². The molecule has 0 amide bonds. The van der Waals surface area contributed by atoms with Gasteiger partial charge in [0.25, 0.3) is 5.56 Å². The summed E-state index contributed by atoms with van der Waals surface area (Å²) < 4.78 is 13.1. The zero-order valence-electron chi connectivity index (χ0n) is 16.6. The predicted octanol–water partition coefficient (Wildman–Crippen LogP) is 4.23. The van der Waals surface area contributed by atoms with E-state index in [4.69, 9.17) is 4.98 Å². The first-order valence-electron chi connectivity index (χ1n) is 9.98. The Balaban J connectivity index is 0.00000240. The number of H-pyrrole nitrogens is 1. The minimum atomic E-state index is -0.192. The van der Waals surface area contributed by atoms with Gasteiger partial charge in [0.05, 0.1) is 5.69 Å². The topological polar surface area (TPSA) is 49.0 Å². The Kier molecular flexibility index (Phi) is 7.55. The van der Waals surface area contributed by atoms with E-state index < -0.39 is 0 Å². The summed E-state index contributed by atoms with van der Waals surface area (Å²) in [6.07, 6.45) is 5.89. The van der Waals surface area contributed by atoms with Crippen LogP contribution in [-0.4, -0.2) is 39.8 Å². The third-order valence-electron chi connectivity index (χ3n) is 5.76. The zero-order valence-corrected chi connectivity index (χ0v) is 18.3. The molecule has 1 N–H and O–H groups in total. The Labute approximate surface area is 181 Å². The van der Waals surface area contributed by atoms with Crippen LogP contribution in [0.4, 0.5) is 4.39 Å². The van der Waals surface area contributed by atoms with Crippen LogP contribution < -0.4 is 5.56 Å². The molecule has 29 heavy (non-hydrogen) atoms. The molecule has 0 fully saturated rings. The number of aromatic nitrogens is 2. The smallest absolute Gasteiger partial charge is 0.255 e. The average Bonchev–Trinajstić information content (AvgIpc) is 2.73. The number of halogens is 2. The molecule has 0 saturated heterocycles. The molecular formula is C22H27ClFN3OS. The lowest BCUT2D eigenvalue weighted by molar-refractivity contribution is 0.219. The van der Waals surface area contributed by atoms with Crippen molar-refractivity contribution in [2.24, 2.45) is 0 Å². The SMILES string of the molecule is CC(CCc1nc2c(c(=O)[nH]1)CSCC2)N1CC=C(c2ccc(F)cc2)CC1.Cl. The van der Waals surface area contributed by atoms with E-state index in [9.17, 15) is 9.18 Å². The van der Waals surface area contributed by atoms with Gasteiger partial charge in [-0.15, -0.1) is 12.4 Å². The van der Waals surface area contributed by atoms with Gasteiger partial charge in [-0.2, -0.15) is 11.8 Å². The van der Waals surface area contributed by atoms with E-state index >= 15 is 0 Å². The van der Waals surface area contributed by atoms with Gasteiger partial charge in [-0.05, 0) is 55.2 Å². The summed E-state index contributed by atoms with van der Waals surface area (Å²) >= 11 is 1.80. The second-order valence-electron chi connectivity index (χ2n) is 7.61. The van der Waals surface area contributed by atoms with E-state index in [-0.39, 0.29) is 23.8 Å². The number of hydrogen-bond donors (Lipinski definition) is 1. The van der Waals surface area contributed by atoms with Crippen LogP contribution in [0.1, 0.15) is 42.4 Å². The summed E-state index contributed by atoms with van der Waals surface area (Å²) in [7, 11) is 0. The lowest BCUT2D eigenvalue weighted by Gasteiger charge is -2.32. The van der Waals surface area contributed by atoms with Crippen LogP contribution in [0.2, 0.25) is 0 Å². The maximum Gasteiger partial charge on any atom is 0.255 e. The molecule has 2 aromatic rings. The van der Waals surface area contributed by atoms with Gasteiger partial charge in [0.2, 0.25) is 0 Å². The largest absolute Gasteiger partial charge is 0.310 e. The zero-order chi connectivity index (χ0) is 19.5. The number of benzene rings is 1. The van der Waals surface area contributed by atoms with Crippen molar-refractivity contribution in [1.82, 2.24) is 14.9 Å². The summed E-state index contributed by atoms with van der Waals surface area (Å²) in [5.74, 6) is 2.46. The first-order chi connectivity index (χ1) is 13.6. The minimum absolute atomic E-state index is 0. The van der Waals surface area contributed by atoms with E-state index in [2.05, 4.69) is 22.9 Å². The fourth-order valence-corrected chi connectivity index (χ4v) is 4.94. The van der Waals surface area contributed by atoms with Crippen molar-refractivity contribution >= 4 is 29.7 Å². The molecule has 4 rings (SSSR count). The summed E-state index contributed by atoms with van der Waals surface area (Å²) in [5, 5.41) is 0. The van der Waals surface area contributed by atoms with Gasteiger partial charge in [-0.3, -0.25) is 9.69 Å². The molecule has 4 nitrogen and oxygen atoms in total. The lowest BCUT2D eigenvalue weighted by atomic mass is 9.98. The third kappa shape index (κ3) is 5.30. The number of hydrogen-bond acceptors (Lipinski definition) is 4. The van der Waals surface area contributed by atoms with Crippen molar-refractivity contribution in [2.45, 2.75) is 44.4 Å². The highest BCUT2D eigenvalue weighted by atomic mass is 35.5. The second-order valence-corrected chi connectivity index (χ2v) is 8.71. The fraction of sp³-hybridized carbons (Fsp3) is 0.455. The third-order valence-corrected chi connectivity index (χ3v) is 6.74. The summed E-state index contributed by atoms with van der Waals surface area (Å²) in [5.41, 5.74) is 4.31. The van der Waals surface area contributed by atoms with Crippen molar-refractivity contribution < 1.29 is 4.39 Å². The number of aryl methyl sites for hydroxylation is 2. The normalized spacial score (nSPS) is 17.8. The summed E-state index contributed by atoms with van der Waals surface area (Å²) in [6, 6.07) is 7.18. The van der Waals surface area contributed by atoms with Crippen molar-refractivity contribution in [3.8, 4) is 0 Å². The molecule has 0 bridgehead atoms. The number of nitrogens with zero attached hydrogens (tertiary/aromatic N) is 2. The van der Waals surface area contributed by atoms with E-state index in [0.717, 1.165) is 72.9 Å². The van der Waals surface area contributed by atoms with Crippen LogP contribution in [-0.2, 0) is 18.6 Å². The van der Waals surface area contributed by atoms with Crippen LogP contribution in [0.3, 0.4) is 0 Å². The van der Waals surface area contributed by atoms with Gasteiger partial charge in [-0.25, -0.2) is 9.37 Å². The molecule has 0 aliphatic carbocycles. The second kappa shape index (κ2) is 9.92.